The fourth-order valence-corrected chi connectivity index (χ4v) is 1.60. The maximum atomic E-state index is 13.2. The van der Waals surface area contributed by atoms with Crippen molar-refractivity contribution < 1.29 is 17.6 Å². The first-order chi connectivity index (χ1) is 7.84. The van der Waals surface area contributed by atoms with Crippen LogP contribution in [0.4, 0.5) is 23.2 Å². The van der Waals surface area contributed by atoms with Crippen LogP contribution in [0.25, 0.3) is 11.0 Å². The van der Waals surface area contributed by atoms with Gasteiger partial charge in [-0.15, -0.1) is 0 Å². The van der Waals surface area contributed by atoms with Gasteiger partial charge in [0.25, 0.3) is 0 Å². The van der Waals surface area contributed by atoms with Gasteiger partial charge in [0.15, 0.2) is 5.82 Å². The molecule has 0 atom stereocenters. The average molecular weight is 247 g/mol. The smallest absolute Gasteiger partial charge is 0.364 e. The van der Waals surface area contributed by atoms with Crippen LogP contribution >= 0.6 is 0 Å². The zero-order valence-electron chi connectivity index (χ0n) is 8.79. The molecule has 2 aromatic rings. The number of benzene rings is 1. The first-order valence-corrected chi connectivity index (χ1v) is 4.72. The molecule has 3 nitrogen and oxygen atoms in total. The normalized spacial score (nSPS) is 12.6. The number of hydrogen-bond acceptors (Lipinski definition) is 2. The Hall–Kier alpha value is -1.79. The third-order valence-corrected chi connectivity index (χ3v) is 2.48. The molecule has 92 valence electrons. The van der Waals surface area contributed by atoms with Crippen LogP contribution in [0.5, 0.6) is 0 Å². The van der Waals surface area contributed by atoms with Gasteiger partial charge in [-0.1, -0.05) is 0 Å². The molecule has 0 spiro atoms. The van der Waals surface area contributed by atoms with Gasteiger partial charge < -0.3 is 10.3 Å². The van der Waals surface area contributed by atoms with E-state index in [4.69, 9.17) is 5.73 Å². The van der Waals surface area contributed by atoms with Crippen LogP contribution in [0.15, 0.2) is 18.2 Å². The van der Waals surface area contributed by atoms with E-state index in [0.717, 1.165) is 4.57 Å². The molecule has 0 radical (unpaired) electrons. The van der Waals surface area contributed by atoms with Gasteiger partial charge in [0.2, 0.25) is 0 Å². The number of fused-ring (bicyclic) bond motifs is 1. The lowest BCUT2D eigenvalue weighted by Gasteiger charge is -2.14. The highest BCUT2D eigenvalue weighted by Gasteiger charge is 2.46. The van der Waals surface area contributed by atoms with Gasteiger partial charge in [0.05, 0.1) is 11.0 Å². The summed E-state index contributed by atoms with van der Waals surface area (Å²) in [6.45, 7) is 0. The van der Waals surface area contributed by atoms with Gasteiger partial charge in [-0.3, -0.25) is 0 Å². The molecule has 0 aliphatic rings. The molecule has 0 saturated heterocycles. The summed E-state index contributed by atoms with van der Waals surface area (Å²) in [6.07, 6.45) is -3.80. The van der Waals surface area contributed by atoms with E-state index in [1.165, 1.54) is 25.2 Å². The Morgan fingerprint density at radius 1 is 1.35 bits per heavy atom. The van der Waals surface area contributed by atoms with Crippen LogP contribution in [0.1, 0.15) is 5.82 Å². The Bertz CT molecular complexity index is 562. The fraction of sp³-hybridized carbons (Fsp3) is 0.300. The fourth-order valence-electron chi connectivity index (χ4n) is 1.60. The standard InChI is InChI=1S/C10H9F4N3/c1-17-7-4-5(15)2-3-6(7)16-9(17)10(13,14)8(11)12/h2-4,8H,15H2,1H3. The predicted molar refractivity (Wildman–Crippen MR) is 55.0 cm³/mol. The molecule has 1 heterocycles. The third-order valence-electron chi connectivity index (χ3n) is 2.48. The number of nitrogens with two attached hydrogens (primary N) is 1. The SMILES string of the molecule is Cn1c(C(F)(F)C(F)F)nc2ccc(N)cc21. The number of rotatable bonds is 2. The largest absolute Gasteiger partial charge is 0.399 e. The molecule has 0 fully saturated rings. The molecule has 17 heavy (non-hydrogen) atoms. The molecule has 0 unspecified atom stereocenters. The summed E-state index contributed by atoms with van der Waals surface area (Å²) >= 11 is 0. The summed E-state index contributed by atoms with van der Waals surface area (Å²) in [7, 11) is 1.25. The van der Waals surface area contributed by atoms with Crippen LogP contribution in [0, 0.1) is 0 Å². The van der Waals surface area contributed by atoms with E-state index in [2.05, 4.69) is 4.98 Å². The molecular weight excluding hydrogens is 238 g/mol. The minimum absolute atomic E-state index is 0.206. The van der Waals surface area contributed by atoms with Crippen LogP contribution in [0.2, 0.25) is 0 Å². The number of alkyl halides is 4. The van der Waals surface area contributed by atoms with E-state index in [1.807, 2.05) is 0 Å². The van der Waals surface area contributed by atoms with Gasteiger partial charge in [-0.05, 0) is 18.2 Å². The topological polar surface area (TPSA) is 43.8 Å². The van der Waals surface area contributed by atoms with E-state index in [9.17, 15) is 17.6 Å². The summed E-state index contributed by atoms with van der Waals surface area (Å²) in [4.78, 5) is 3.52. The minimum atomic E-state index is -4.28. The highest BCUT2D eigenvalue weighted by molar-refractivity contribution is 5.79. The highest BCUT2D eigenvalue weighted by Crippen LogP contribution is 2.35. The Labute approximate surface area is 93.8 Å². The van der Waals surface area contributed by atoms with Crippen LogP contribution in [0.3, 0.4) is 0 Å². The van der Waals surface area contributed by atoms with Gasteiger partial charge >= 0.3 is 12.3 Å². The van der Waals surface area contributed by atoms with E-state index in [-0.39, 0.29) is 5.52 Å². The zero-order valence-corrected chi connectivity index (χ0v) is 8.79. The lowest BCUT2D eigenvalue weighted by Crippen LogP contribution is -2.27. The minimum Gasteiger partial charge on any atom is -0.399 e. The van der Waals surface area contributed by atoms with E-state index < -0.39 is 18.2 Å². The number of halogens is 4. The van der Waals surface area contributed by atoms with Crippen molar-refractivity contribution in [3.05, 3.63) is 24.0 Å². The number of nitrogens with zero attached hydrogens (tertiary/aromatic N) is 2. The van der Waals surface area contributed by atoms with Crippen molar-refractivity contribution >= 4 is 16.7 Å². The van der Waals surface area contributed by atoms with Crippen molar-refractivity contribution in [1.82, 2.24) is 9.55 Å². The van der Waals surface area contributed by atoms with Gasteiger partial charge in [-0.25, -0.2) is 13.8 Å². The van der Waals surface area contributed by atoms with Gasteiger partial charge in [0.1, 0.15) is 0 Å². The maximum Gasteiger partial charge on any atom is 0.364 e. The summed E-state index contributed by atoms with van der Waals surface area (Å²) in [5.41, 5.74) is 6.35. The first kappa shape index (κ1) is 11.7. The quantitative estimate of drug-likeness (QED) is 0.654. The van der Waals surface area contributed by atoms with Crippen LogP contribution in [-0.2, 0) is 13.0 Å². The molecule has 2 rings (SSSR count). The summed E-state index contributed by atoms with van der Waals surface area (Å²) in [5, 5.41) is 0. The van der Waals surface area contributed by atoms with Crippen LogP contribution in [-0.4, -0.2) is 16.0 Å². The van der Waals surface area contributed by atoms with E-state index >= 15 is 0 Å². The second-order valence-electron chi connectivity index (χ2n) is 3.67. The molecule has 0 amide bonds. The lowest BCUT2D eigenvalue weighted by atomic mass is 10.3. The summed E-state index contributed by atoms with van der Waals surface area (Å²) in [5.74, 6) is -5.24. The zero-order chi connectivity index (χ0) is 12.8. The number of aromatic nitrogens is 2. The summed E-state index contributed by atoms with van der Waals surface area (Å²) < 4.78 is 51.9. The Kier molecular flexibility index (Phi) is 2.48. The second kappa shape index (κ2) is 3.61. The van der Waals surface area contributed by atoms with Crippen LogP contribution < -0.4 is 5.73 Å². The number of anilines is 1. The molecule has 1 aromatic heterocycles. The average Bonchev–Trinajstić information content (AvgIpc) is 2.56. The molecule has 0 bridgehead atoms. The summed E-state index contributed by atoms with van der Waals surface area (Å²) in [6, 6.07) is 4.29. The number of hydrogen-bond donors (Lipinski definition) is 1. The van der Waals surface area contributed by atoms with Crippen molar-refractivity contribution in [2.75, 3.05) is 5.73 Å². The third kappa shape index (κ3) is 1.71. The van der Waals surface area contributed by atoms with Crippen molar-refractivity contribution in [2.24, 2.45) is 7.05 Å². The number of aryl methyl sites for hydroxylation is 1. The molecule has 2 N–H and O–H groups in total. The van der Waals surface area contributed by atoms with Crippen molar-refractivity contribution in [1.29, 1.82) is 0 Å². The van der Waals surface area contributed by atoms with E-state index in [1.54, 1.807) is 0 Å². The van der Waals surface area contributed by atoms with Crippen molar-refractivity contribution in [3.8, 4) is 0 Å². The predicted octanol–water partition coefficient (Wildman–Crippen LogP) is 2.51. The Morgan fingerprint density at radius 2 is 2.00 bits per heavy atom. The lowest BCUT2D eigenvalue weighted by molar-refractivity contribution is -0.142. The second-order valence-corrected chi connectivity index (χ2v) is 3.67. The van der Waals surface area contributed by atoms with Gasteiger partial charge in [0, 0.05) is 12.7 Å². The highest BCUT2D eigenvalue weighted by atomic mass is 19.3. The Morgan fingerprint density at radius 3 is 2.59 bits per heavy atom. The molecule has 0 aliphatic carbocycles. The number of imidazole rings is 1. The van der Waals surface area contributed by atoms with Crippen molar-refractivity contribution in [3.63, 3.8) is 0 Å². The van der Waals surface area contributed by atoms with E-state index in [0.29, 0.717) is 11.2 Å². The Balaban J connectivity index is 2.68. The first-order valence-electron chi connectivity index (χ1n) is 4.72. The monoisotopic (exact) mass is 247 g/mol. The molecular formula is C10H9F4N3. The van der Waals surface area contributed by atoms with Crippen molar-refractivity contribution in [2.45, 2.75) is 12.3 Å². The maximum absolute atomic E-state index is 13.2. The molecule has 7 heteroatoms. The molecule has 0 saturated carbocycles. The number of nitrogen functional groups attached to an aromatic ring is 1. The van der Waals surface area contributed by atoms with Gasteiger partial charge in [-0.2, -0.15) is 8.78 Å². The molecule has 1 aromatic carbocycles. The molecule has 0 aliphatic heterocycles.